The molecule has 0 unspecified atom stereocenters. The molecule has 1 amide bonds. The third kappa shape index (κ3) is 3.96. The number of nitrogens with one attached hydrogen (secondary N) is 1. The zero-order valence-electron chi connectivity index (χ0n) is 11.4. The molecule has 1 saturated carbocycles. The number of ether oxygens (including phenoxy) is 1. The maximum Gasteiger partial charge on any atom is 0.222 e. The third-order valence-corrected chi connectivity index (χ3v) is 3.56. The summed E-state index contributed by atoms with van der Waals surface area (Å²) in [4.78, 5) is 11.8. The highest BCUT2D eigenvalue weighted by molar-refractivity contribution is 5.77. The Balaban J connectivity index is 1.81. The van der Waals surface area contributed by atoms with Gasteiger partial charge < -0.3 is 15.8 Å². The maximum absolute atomic E-state index is 11.8. The summed E-state index contributed by atoms with van der Waals surface area (Å²) in [5, 5.41) is 2.92. The highest BCUT2D eigenvalue weighted by Gasteiger charge is 2.34. The fourth-order valence-electron chi connectivity index (χ4n) is 2.30. The van der Waals surface area contributed by atoms with Gasteiger partial charge in [-0.2, -0.15) is 0 Å². The average molecular weight is 262 g/mol. The number of hydrogen-bond donors (Lipinski definition) is 2. The molecule has 0 bridgehead atoms. The molecule has 4 heteroatoms. The van der Waals surface area contributed by atoms with Crippen molar-refractivity contribution in [2.24, 2.45) is 5.73 Å². The first kappa shape index (κ1) is 13.9. The predicted molar refractivity (Wildman–Crippen MR) is 74.8 cm³/mol. The van der Waals surface area contributed by atoms with Gasteiger partial charge in [0.15, 0.2) is 0 Å². The van der Waals surface area contributed by atoms with E-state index < -0.39 is 0 Å². The van der Waals surface area contributed by atoms with Gasteiger partial charge in [-0.15, -0.1) is 0 Å². The lowest BCUT2D eigenvalue weighted by molar-refractivity contribution is -0.123. The standard InChI is InChI=1S/C15H22N2O2/c1-2-19-13-6-3-5-12(9-13)11-17-14(18)10-15(16)7-4-8-15/h3,5-6,9H,2,4,7-8,10-11,16H2,1H3,(H,17,18). The number of carbonyl (C=O) groups is 1. The van der Waals surface area contributed by atoms with Gasteiger partial charge >= 0.3 is 0 Å². The van der Waals surface area contributed by atoms with Gasteiger partial charge in [-0.1, -0.05) is 12.1 Å². The Morgan fingerprint density at radius 1 is 1.47 bits per heavy atom. The minimum absolute atomic E-state index is 0.0315. The fourth-order valence-corrected chi connectivity index (χ4v) is 2.30. The van der Waals surface area contributed by atoms with E-state index in [1.165, 1.54) is 0 Å². The van der Waals surface area contributed by atoms with E-state index in [1.54, 1.807) is 0 Å². The van der Waals surface area contributed by atoms with E-state index in [2.05, 4.69) is 5.32 Å². The number of nitrogens with two attached hydrogens (primary N) is 1. The molecule has 0 aliphatic heterocycles. The quantitative estimate of drug-likeness (QED) is 0.824. The van der Waals surface area contributed by atoms with Gasteiger partial charge in [-0.25, -0.2) is 0 Å². The first-order chi connectivity index (χ1) is 9.11. The molecule has 3 N–H and O–H groups in total. The zero-order valence-corrected chi connectivity index (χ0v) is 11.4. The minimum atomic E-state index is -0.253. The molecule has 0 heterocycles. The van der Waals surface area contributed by atoms with Crippen molar-refractivity contribution in [3.63, 3.8) is 0 Å². The highest BCUT2D eigenvalue weighted by Crippen LogP contribution is 2.31. The largest absolute Gasteiger partial charge is 0.494 e. The van der Waals surface area contributed by atoms with Crippen molar-refractivity contribution in [1.29, 1.82) is 0 Å². The molecule has 0 spiro atoms. The summed E-state index contributed by atoms with van der Waals surface area (Å²) in [5.74, 6) is 0.868. The number of carbonyl (C=O) groups excluding carboxylic acids is 1. The molecule has 0 saturated heterocycles. The van der Waals surface area contributed by atoms with E-state index in [0.29, 0.717) is 19.6 Å². The lowest BCUT2D eigenvalue weighted by atomic mass is 9.75. The van der Waals surface area contributed by atoms with Crippen molar-refractivity contribution < 1.29 is 9.53 Å². The first-order valence-corrected chi connectivity index (χ1v) is 6.89. The molecule has 1 aliphatic rings. The van der Waals surface area contributed by atoms with Crippen LogP contribution in [0.1, 0.15) is 38.2 Å². The van der Waals surface area contributed by atoms with E-state index >= 15 is 0 Å². The Hall–Kier alpha value is -1.55. The van der Waals surface area contributed by atoms with Gasteiger partial charge in [0.25, 0.3) is 0 Å². The van der Waals surface area contributed by atoms with Crippen LogP contribution in [-0.4, -0.2) is 18.1 Å². The lowest BCUT2D eigenvalue weighted by Gasteiger charge is -2.37. The Morgan fingerprint density at radius 2 is 2.26 bits per heavy atom. The van der Waals surface area contributed by atoms with Crippen molar-refractivity contribution in [1.82, 2.24) is 5.32 Å². The molecule has 1 aromatic rings. The van der Waals surface area contributed by atoms with Gasteiger partial charge in [0, 0.05) is 18.5 Å². The molecule has 0 radical (unpaired) electrons. The molecule has 0 aromatic heterocycles. The smallest absolute Gasteiger partial charge is 0.222 e. The molecule has 19 heavy (non-hydrogen) atoms. The molecule has 1 aliphatic carbocycles. The molecule has 104 valence electrons. The third-order valence-electron chi connectivity index (χ3n) is 3.56. The summed E-state index contributed by atoms with van der Waals surface area (Å²) < 4.78 is 5.43. The SMILES string of the molecule is CCOc1cccc(CNC(=O)CC2(N)CCC2)c1. The Kier molecular flexibility index (Phi) is 4.43. The van der Waals surface area contributed by atoms with E-state index in [9.17, 15) is 4.79 Å². The lowest BCUT2D eigenvalue weighted by Crippen LogP contribution is -2.49. The second-order valence-corrected chi connectivity index (χ2v) is 5.25. The second kappa shape index (κ2) is 6.06. The second-order valence-electron chi connectivity index (χ2n) is 5.25. The normalized spacial score (nSPS) is 16.5. The Labute approximate surface area is 114 Å². The van der Waals surface area contributed by atoms with Crippen LogP contribution < -0.4 is 15.8 Å². The number of amides is 1. The number of hydrogen-bond acceptors (Lipinski definition) is 3. The van der Waals surface area contributed by atoms with E-state index in [0.717, 1.165) is 30.6 Å². The topological polar surface area (TPSA) is 64.3 Å². The van der Waals surface area contributed by atoms with Crippen molar-refractivity contribution in [3.8, 4) is 5.75 Å². The van der Waals surface area contributed by atoms with E-state index in [-0.39, 0.29) is 11.4 Å². The summed E-state index contributed by atoms with van der Waals surface area (Å²) in [6, 6.07) is 7.77. The van der Waals surface area contributed by atoms with Crippen LogP contribution in [0.15, 0.2) is 24.3 Å². The van der Waals surface area contributed by atoms with Crippen LogP contribution in [0.2, 0.25) is 0 Å². The van der Waals surface area contributed by atoms with Gasteiger partial charge in [0.05, 0.1) is 6.61 Å². The monoisotopic (exact) mass is 262 g/mol. The van der Waals surface area contributed by atoms with Crippen LogP contribution in [-0.2, 0) is 11.3 Å². The summed E-state index contributed by atoms with van der Waals surface area (Å²) in [6.07, 6.45) is 3.48. The minimum Gasteiger partial charge on any atom is -0.494 e. The summed E-state index contributed by atoms with van der Waals surface area (Å²) in [7, 11) is 0. The fraction of sp³-hybridized carbons (Fsp3) is 0.533. The molecule has 1 fully saturated rings. The average Bonchev–Trinajstić information content (AvgIpc) is 2.35. The van der Waals surface area contributed by atoms with Gasteiger partial charge in [-0.3, -0.25) is 4.79 Å². The Morgan fingerprint density at radius 3 is 2.89 bits per heavy atom. The summed E-state index contributed by atoms with van der Waals surface area (Å²) in [5.41, 5.74) is 6.84. The van der Waals surface area contributed by atoms with E-state index in [1.807, 2.05) is 31.2 Å². The van der Waals surface area contributed by atoms with Gasteiger partial charge in [-0.05, 0) is 43.9 Å². The predicted octanol–water partition coefficient (Wildman–Crippen LogP) is 1.97. The van der Waals surface area contributed by atoms with E-state index in [4.69, 9.17) is 10.5 Å². The van der Waals surface area contributed by atoms with Crippen molar-refractivity contribution in [3.05, 3.63) is 29.8 Å². The Bertz CT molecular complexity index is 442. The van der Waals surface area contributed by atoms with Crippen LogP contribution in [0.3, 0.4) is 0 Å². The maximum atomic E-state index is 11.8. The highest BCUT2D eigenvalue weighted by atomic mass is 16.5. The molecular weight excluding hydrogens is 240 g/mol. The molecule has 2 rings (SSSR count). The van der Waals surface area contributed by atoms with Crippen LogP contribution in [0.4, 0.5) is 0 Å². The van der Waals surface area contributed by atoms with Gasteiger partial charge in [0.1, 0.15) is 5.75 Å². The molecular formula is C15H22N2O2. The van der Waals surface area contributed by atoms with Crippen molar-refractivity contribution >= 4 is 5.91 Å². The molecule has 0 atom stereocenters. The van der Waals surface area contributed by atoms with Crippen LogP contribution in [0.5, 0.6) is 5.75 Å². The number of benzene rings is 1. The van der Waals surface area contributed by atoms with Crippen LogP contribution in [0.25, 0.3) is 0 Å². The van der Waals surface area contributed by atoms with Crippen molar-refractivity contribution in [2.45, 2.75) is 44.7 Å². The van der Waals surface area contributed by atoms with Crippen molar-refractivity contribution in [2.75, 3.05) is 6.61 Å². The number of rotatable bonds is 6. The van der Waals surface area contributed by atoms with Gasteiger partial charge in [0.2, 0.25) is 5.91 Å². The summed E-state index contributed by atoms with van der Waals surface area (Å²) >= 11 is 0. The van der Waals surface area contributed by atoms with Crippen LogP contribution >= 0.6 is 0 Å². The first-order valence-electron chi connectivity index (χ1n) is 6.89. The van der Waals surface area contributed by atoms with Crippen LogP contribution in [0, 0.1) is 0 Å². The zero-order chi connectivity index (χ0) is 13.7. The molecule has 1 aromatic carbocycles. The summed E-state index contributed by atoms with van der Waals surface area (Å²) in [6.45, 7) is 3.12. The molecule has 4 nitrogen and oxygen atoms in total.